The fourth-order valence-electron chi connectivity index (χ4n) is 3.15. The van der Waals surface area contributed by atoms with Gasteiger partial charge < -0.3 is 19.5 Å². The van der Waals surface area contributed by atoms with E-state index in [1.165, 1.54) is 0 Å². The van der Waals surface area contributed by atoms with Crippen LogP contribution in [0.15, 0.2) is 0 Å². The van der Waals surface area contributed by atoms with Gasteiger partial charge in [-0.25, -0.2) is 4.79 Å². The van der Waals surface area contributed by atoms with Crippen molar-refractivity contribution in [3.05, 3.63) is 0 Å². The number of carbonyl (C=O) groups excluding carboxylic acids is 3. The van der Waals surface area contributed by atoms with Crippen LogP contribution in [0.2, 0.25) is 0 Å². The lowest BCUT2D eigenvalue weighted by Gasteiger charge is -2.40. The Balaban J connectivity index is 2.21. The van der Waals surface area contributed by atoms with Gasteiger partial charge in [0.15, 0.2) is 0 Å². The maximum absolute atomic E-state index is 12.3. The number of fused-ring (bicyclic) bond motifs is 2. The number of rotatable bonds is 2. The normalized spacial score (nSPS) is 31.1. The molecule has 4 unspecified atom stereocenters. The highest BCUT2D eigenvalue weighted by Gasteiger charge is 2.52. The Hall–Kier alpha value is -1.43. The number of carbonyl (C=O) groups is 3. The highest BCUT2D eigenvalue weighted by molar-refractivity contribution is 5.89. The van der Waals surface area contributed by atoms with E-state index in [1.54, 1.807) is 25.7 Å². The number of hydrogen-bond acceptors (Lipinski definition) is 5. The van der Waals surface area contributed by atoms with Gasteiger partial charge in [0.25, 0.3) is 0 Å². The number of hydrogen-bond donors (Lipinski definition) is 1. The standard InChI is InChI=1S/C14H21NO5/c1-14(2,3)20-13(19)15-8-4-5-9(15)12(10(17)6-8)11(18)7-16/h7-9,11-12,18H,4-6H2,1-3H3. The van der Waals surface area contributed by atoms with Crippen molar-refractivity contribution < 1.29 is 24.2 Å². The summed E-state index contributed by atoms with van der Waals surface area (Å²) >= 11 is 0. The molecule has 1 N–H and O–H groups in total. The van der Waals surface area contributed by atoms with Crippen molar-refractivity contribution in [1.82, 2.24) is 4.90 Å². The van der Waals surface area contributed by atoms with E-state index in [0.717, 1.165) is 0 Å². The van der Waals surface area contributed by atoms with Crippen LogP contribution in [0, 0.1) is 5.92 Å². The number of piperidine rings is 1. The lowest BCUT2D eigenvalue weighted by molar-refractivity contribution is -0.138. The molecule has 0 spiro atoms. The molecule has 0 aromatic rings. The molecule has 2 rings (SSSR count). The quantitative estimate of drug-likeness (QED) is 0.761. The van der Waals surface area contributed by atoms with Crippen LogP contribution in [0.3, 0.4) is 0 Å². The molecule has 2 aliphatic rings. The topological polar surface area (TPSA) is 83.9 Å². The van der Waals surface area contributed by atoms with Gasteiger partial charge in [-0.05, 0) is 33.6 Å². The van der Waals surface area contributed by atoms with E-state index in [0.29, 0.717) is 19.1 Å². The van der Waals surface area contributed by atoms with Crippen LogP contribution in [0.25, 0.3) is 0 Å². The first kappa shape index (κ1) is 15.0. The van der Waals surface area contributed by atoms with Crippen LogP contribution < -0.4 is 0 Å². The fraction of sp³-hybridized carbons (Fsp3) is 0.786. The third kappa shape index (κ3) is 2.70. The third-order valence-corrected chi connectivity index (χ3v) is 3.88. The SMILES string of the molecule is CC(C)(C)OC(=O)N1C2CCC1C(C(O)C=O)C(=O)C2. The molecule has 2 fully saturated rings. The van der Waals surface area contributed by atoms with Crippen LogP contribution in [0.5, 0.6) is 0 Å². The first-order valence-corrected chi connectivity index (χ1v) is 6.92. The number of aldehydes is 1. The Morgan fingerprint density at radius 1 is 1.45 bits per heavy atom. The summed E-state index contributed by atoms with van der Waals surface area (Å²) in [6.07, 6.45) is 0.0556. The minimum Gasteiger partial charge on any atom is -0.444 e. The van der Waals surface area contributed by atoms with E-state index >= 15 is 0 Å². The summed E-state index contributed by atoms with van der Waals surface area (Å²) in [5, 5.41) is 9.74. The molecule has 0 aromatic carbocycles. The number of aliphatic hydroxyl groups excluding tert-OH is 1. The lowest BCUT2D eigenvalue weighted by atomic mass is 9.85. The Bertz CT molecular complexity index is 428. The summed E-state index contributed by atoms with van der Waals surface area (Å²) in [6, 6.07) is -0.603. The van der Waals surface area contributed by atoms with E-state index in [1.807, 2.05) is 0 Å². The highest BCUT2D eigenvalue weighted by atomic mass is 16.6. The zero-order chi connectivity index (χ0) is 15.1. The monoisotopic (exact) mass is 283 g/mol. The largest absolute Gasteiger partial charge is 0.444 e. The second-order valence-corrected chi connectivity index (χ2v) is 6.51. The molecule has 2 saturated heterocycles. The first-order chi connectivity index (χ1) is 9.24. The van der Waals surface area contributed by atoms with Crippen molar-refractivity contribution in [1.29, 1.82) is 0 Å². The summed E-state index contributed by atoms with van der Waals surface area (Å²) in [6.45, 7) is 5.33. The second kappa shape index (κ2) is 5.16. The van der Waals surface area contributed by atoms with Crippen molar-refractivity contribution >= 4 is 18.2 Å². The molecular formula is C14H21NO5. The van der Waals surface area contributed by atoms with Gasteiger partial charge in [0.2, 0.25) is 0 Å². The van der Waals surface area contributed by atoms with Crippen LogP contribution >= 0.6 is 0 Å². The van der Waals surface area contributed by atoms with E-state index < -0.39 is 29.8 Å². The van der Waals surface area contributed by atoms with Gasteiger partial charge >= 0.3 is 6.09 Å². The van der Waals surface area contributed by atoms with Crippen molar-refractivity contribution in [2.75, 3.05) is 0 Å². The number of aliphatic hydroxyl groups is 1. The third-order valence-electron chi connectivity index (χ3n) is 3.88. The molecule has 0 saturated carbocycles. The number of amides is 1. The van der Waals surface area contributed by atoms with Crippen molar-refractivity contribution in [3.8, 4) is 0 Å². The highest BCUT2D eigenvalue weighted by Crippen LogP contribution is 2.39. The Kier molecular flexibility index (Phi) is 3.86. The molecule has 20 heavy (non-hydrogen) atoms. The molecule has 112 valence electrons. The van der Waals surface area contributed by atoms with E-state index in [2.05, 4.69) is 0 Å². The minimum atomic E-state index is -1.35. The molecule has 6 nitrogen and oxygen atoms in total. The van der Waals surface area contributed by atoms with Gasteiger partial charge in [0.1, 0.15) is 23.8 Å². The van der Waals surface area contributed by atoms with E-state index in [4.69, 9.17) is 4.74 Å². The molecule has 2 heterocycles. The lowest BCUT2D eigenvalue weighted by Crippen LogP contribution is -2.56. The average Bonchev–Trinajstić information content (AvgIpc) is 2.63. The predicted octanol–water partition coefficient (Wildman–Crippen LogP) is 0.903. The Morgan fingerprint density at radius 3 is 2.65 bits per heavy atom. The molecule has 6 heteroatoms. The van der Waals surface area contributed by atoms with Gasteiger partial charge in [-0.15, -0.1) is 0 Å². The number of Topliss-reactive ketones (excluding diaryl/α,β-unsaturated/α-hetero) is 1. The van der Waals surface area contributed by atoms with Gasteiger partial charge in [0, 0.05) is 18.5 Å². The molecule has 2 aliphatic heterocycles. The van der Waals surface area contributed by atoms with Gasteiger partial charge in [0.05, 0.1) is 5.92 Å². The average molecular weight is 283 g/mol. The summed E-state index contributed by atoms with van der Waals surface area (Å²) in [5.74, 6) is -0.962. The predicted molar refractivity (Wildman–Crippen MR) is 70.1 cm³/mol. The number of ether oxygens (including phenoxy) is 1. The molecular weight excluding hydrogens is 262 g/mol. The molecule has 0 radical (unpaired) electrons. The van der Waals surface area contributed by atoms with Crippen molar-refractivity contribution in [2.45, 2.75) is 63.8 Å². The van der Waals surface area contributed by atoms with Crippen LogP contribution in [-0.2, 0) is 14.3 Å². The van der Waals surface area contributed by atoms with Crippen molar-refractivity contribution in [3.63, 3.8) is 0 Å². The van der Waals surface area contributed by atoms with E-state index in [-0.39, 0.29) is 18.2 Å². The zero-order valence-corrected chi connectivity index (χ0v) is 12.0. The molecule has 4 atom stereocenters. The maximum Gasteiger partial charge on any atom is 0.410 e. The van der Waals surface area contributed by atoms with E-state index in [9.17, 15) is 19.5 Å². The van der Waals surface area contributed by atoms with Gasteiger partial charge in [-0.2, -0.15) is 0 Å². The molecule has 1 amide bonds. The Morgan fingerprint density at radius 2 is 2.10 bits per heavy atom. The minimum absolute atomic E-state index is 0.142. The summed E-state index contributed by atoms with van der Waals surface area (Å²) in [4.78, 5) is 36.6. The molecule has 0 aliphatic carbocycles. The maximum atomic E-state index is 12.3. The molecule has 2 bridgehead atoms. The summed E-state index contributed by atoms with van der Waals surface area (Å²) in [5.41, 5.74) is -0.614. The molecule has 0 aromatic heterocycles. The summed E-state index contributed by atoms with van der Waals surface area (Å²) < 4.78 is 5.36. The van der Waals surface area contributed by atoms with Crippen molar-refractivity contribution in [2.24, 2.45) is 5.92 Å². The number of nitrogens with zero attached hydrogens (tertiary/aromatic N) is 1. The van der Waals surface area contributed by atoms with Crippen LogP contribution in [0.1, 0.15) is 40.0 Å². The van der Waals surface area contributed by atoms with Crippen LogP contribution in [0.4, 0.5) is 4.79 Å². The number of ketones is 1. The summed E-state index contributed by atoms with van der Waals surface area (Å²) in [7, 11) is 0. The first-order valence-electron chi connectivity index (χ1n) is 6.92. The smallest absolute Gasteiger partial charge is 0.410 e. The van der Waals surface area contributed by atoms with Crippen LogP contribution in [-0.4, -0.2) is 52.0 Å². The second-order valence-electron chi connectivity index (χ2n) is 6.51. The van der Waals surface area contributed by atoms with Gasteiger partial charge in [-0.3, -0.25) is 4.79 Å². The fourth-order valence-corrected chi connectivity index (χ4v) is 3.15. The van der Waals surface area contributed by atoms with Gasteiger partial charge in [-0.1, -0.05) is 0 Å². The Labute approximate surface area is 118 Å². The zero-order valence-electron chi connectivity index (χ0n) is 12.0.